The predicted molar refractivity (Wildman–Crippen MR) is 115 cm³/mol. The molecule has 3 heterocycles. The van der Waals surface area contributed by atoms with E-state index in [1.165, 1.54) is 16.4 Å². The number of carbonyl (C=O) groups is 1. The van der Waals surface area contributed by atoms with Gasteiger partial charge in [0.05, 0.1) is 0 Å². The molecule has 156 valence electrons. The zero-order valence-electron chi connectivity index (χ0n) is 17.0. The molecule has 1 fully saturated rings. The van der Waals surface area contributed by atoms with Crippen molar-refractivity contribution in [3.8, 4) is 0 Å². The molecule has 1 N–H and O–H groups in total. The van der Waals surface area contributed by atoms with Crippen LogP contribution < -0.4 is 20.7 Å². The Morgan fingerprint density at radius 2 is 1.73 bits per heavy atom. The molecule has 0 bridgehead atoms. The number of anilines is 2. The van der Waals surface area contributed by atoms with Gasteiger partial charge in [0.15, 0.2) is 5.76 Å². The summed E-state index contributed by atoms with van der Waals surface area (Å²) in [5.41, 5.74) is 1.01. The highest BCUT2D eigenvalue weighted by molar-refractivity contribution is 5.91. The number of aromatic nitrogens is 2. The smallest absolute Gasteiger partial charge is 0.286 e. The van der Waals surface area contributed by atoms with Crippen LogP contribution in [0.1, 0.15) is 23.2 Å². The van der Waals surface area contributed by atoms with Crippen LogP contribution >= 0.6 is 0 Å². The van der Waals surface area contributed by atoms with Gasteiger partial charge in [-0.05, 0) is 37.3 Å². The van der Waals surface area contributed by atoms with Crippen molar-refractivity contribution in [1.82, 2.24) is 15.1 Å². The lowest BCUT2D eigenvalue weighted by Gasteiger charge is -2.36. The van der Waals surface area contributed by atoms with Crippen LogP contribution in [0.25, 0.3) is 0 Å². The quantitative estimate of drug-likeness (QED) is 0.673. The van der Waals surface area contributed by atoms with Crippen molar-refractivity contribution in [3.05, 3.63) is 76.5 Å². The molecule has 2 aromatic heterocycles. The number of furan rings is 1. The first-order chi connectivity index (χ1) is 14.6. The highest BCUT2D eigenvalue weighted by Crippen LogP contribution is 2.18. The van der Waals surface area contributed by atoms with E-state index in [4.69, 9.17) is 4.42 Å². The number of carbonyl (C=O) groups excluding carboxylic acids is 1. The van der Waals surface area contributed by atoms with Gasteiger partial charge in [-0.3, -0.25) is 9.59 Å². The fraction of sp³-hybridized carbons (Fsp3) is 0.318. The van der Waals surface area contributed by atoms with Crippen LogP contribution in [0.3, 0.4) is 0 Å². The summed E-state index contributed by atoms with van der Waals surface area (Å²) in [6.45, 7) is 5.96. The van der Waals surface area contributed by atoms with Crippen LogP contribution in [-0.2, 0) is 6.54 Å². The number of benzene rings is 1. The second-order valence-corrected chi connectivity index (χ2v) is 7.12. The fourth-order valence-corrected chi connectivity index (χ4v) is 3.53. The minimum atomic E-state index is -0.269. The maximum atomic E-state index is 12.3. The molecular weight excluding hydrogens is 382 g/mol. The molecule has 0 radical (unpaired) electrons. The second-order valence-electron chi connectivity index (χ2n) is 7.12. The Hall–Kier alpha value is -3.55. The molecular formula is C22H25N5O3. The lowest BCUT2D eigenvalue weighted by Crippen LogP contribution is -2.47. The number of para-hydroxylation sites is 1. The molecule has 0 spiro atoms. The third kappa shape index (κ3) is 4.37. The maximum absolute atomic E-state index is 12.3. The SMILES string of the molecule is CCNC(=O)c1ccc(Cn2nc(N3CCN(c4ccccc4)CC3)ccc2=O)o1. The van der Waals surface area contributed by atoms with E-state index in [0.717, 1.165) is 32.0 Å². The second kappa shape index (κ2) is 8.86. The zero-order chi connectivity index (χ0) is 20.9. The van der Waals surface area contributed by atoms with Crippen LogP contribution in [-0.4, -0.2) is 48.4 Å². The van der Waals surface area contributed by atoms with Crippen molar-refractivity contribution in [3.63, 3.8) is 0 Å². The van der Waals surface area contributed by atoms with Crippen molar-refractivity contribution in [2.24, 2.45) is 0 Å². The minimum Gasteiger partial charge on any atom is -0.454 e. The summed E-state index contributed by atoms with van der Waals surface area (Å²) in [6.07, 6.45) is 0. The first kappa shape index (κ1) is 19.8. The Kier molecular flexibility index (Phi) is 5.83. The largest absolute Gasteiger partial charge is 0.454 e. The Morgan fingerprint density at radius 1 is 1.00 bits per heavy atom. The van der Waals surface area contributed by atoms with E-state index in [2.05, 4.69) is 32.3 Å². The van der Waals surface area contributed by atoms with Gasteiger partial charge in [0.25, 0.3) is 11.5 Å². The summed E-state index contributed by atoms with van der Waals surface area (Å²) in [4.78, 5) is 28.7. The maximum Gasteiger partial charge on any atom is 0.286 e. The van der Waals surface area contributed by atoms with E-state index < -0.39 is 0 Å². The summed E-state index contributed by atoms with van der Waals surface area (Å²) in [6, 6.07) is 16.9. The van der Waals surface area contributed by atoms with Gasteiger partial charge >= 0.3 is 0 Å². The molecule has 1 saturated heterocycles. The average molecular weight is 407 g/mol. The number of nitrogens with one attached hydrogen (secondary N) is 1. The van der Waals surface area contributed by atoms with Crippen molar-refractivity contribution in [1.29, 1.82) is 0 Å². The van der Waals surface area contributed by atoms with Crippen molar-refractivity contribution >= 4 is 17.4 Å². The number of hydrogen-bond donors (Lipinski definition) is 1. The molecule has 1 amide bonds. The summed E-state index contributed by atoms with van der Waals surface area (Å²) in [7, 11) is 0. The molecule has 1 aliphatic rings. The first-order valence-electron chi connectivity index (χ1n) is 10.1. The van der Waals surface area contributed by atoms with Gasteiger partial charge in [-0.15, -0.1) is 0 Å². The van der Waals surface area contributed by atoms with E-state index in [1.807, 2.05) is 25.1 Å². The van der Waals surface area contributed by atoms with Crippen LogP contribution in [0.2, 0.25) is 0 Å². The molecule has 4 rings (SSSR count). The minimum absolute atomic E-state index is 0.177. The van der Waals surface area contributed by atoms with E-state index >= 15 is 0 Å². The highest BCUT2D eigenvalue weighted by atomic mass is 16.4. The van der Waals surface area contributed by atoms with E-state index in [0.29, 0.717) is 12.3 Å². The third-order valence-corrected chi connectivity index (χ3v) is 5.11. The molecule has 0 saturated carbocycles. The van der Waals surface area contributed by atoms with Crippen molar-refractivity contribution < 1.29 is 9.21 Å². The van der Waals surface area contributed by atoms with Crippen LogP contribution in [0.15, 0.2) is 63.8 Å². The monoisotopic (exact) mass is 407 g/mol. The molecule has 30 heavy (non-hydrogen) atoms. The molecule has 1 aromatic carbocycles. The van der Waals surface area contributed by atoms with Crippen molar-refractivity contribution in [2.45, 2.75) is 13.5 Å². The van der Waals surface area contributed by atoms with Gasteiger partial charge in [0.1, 0.15) is 18.1 Å². The standard InChI is InChI=1S/C22H25N5O3/c1-2-23-22(29)19-9-8-18(30-19)16-27-21(28)11-10-20(24-27)26-14-12-25(13-15-26)17-6-4-3-5-7-17/h3-11H,2,12-16H2,1H3,(H,23,29). The lowest BCUT2D eigenvalue weighted by atomic mass is 10.2. The molecule has 8 heteroatoms. The Balaban J connectivity index is 1.44. The third-order valence-electron chi connectivity index (χ3n) is 5.11. The summed E-state index contributed by atoms with van der Waals surface area (Å²) in [5.74, 6) is 1.23. The summed E-state index contributed by atoms with van der Waals surface area (Å²) >= 11 is 0. The Bertz CT molecular complexity index is 1050. The average Bonchev–Trinajstić information content (AvgIpc) is 3.25. The summed E-state index contributed by atoms with van der Waals surface area (Å²) in [5, 5.41) is 7.22. The number of nitrogens with zero attached hydrogens (tertiary/aromatic N) is 4. The van der Waals surface area contributed by atoms with E-state index in [9.17, 15) is 9.59 Å². The normalized spacial score (nSPS) is 14.0. The van der Waals surface area contributed by atoms with Gasteiger partial charge in [0, 0.05) is 44.5 Å². The van der Waals surface area contributed by atoms with Gasteiger partial charge in [0.2, 0.25) is 0 Å². The zero-order valence-corrected chi connectivity index (χ0v) is 17.0. The van der Waals surface area contributed by atoms with Crippen LogP contribution in [0.4, 0.5) is 11.5 Å². The van der Waals surface area contributed by atoms with Gasteiger partial charge in [-0.2, -0.15) is 5.10 Å². The first-order valence-corrected chi connectivity index (χ1v) is 10.1. The lowest BCUT2D eigenvalue weighted by molar-refractivity contribution is 0.0926. The van der Waals surface area contributed by atoms with E-state index in [1.54, 1.807) is 18.2 Å². The fourth-order valence-electron chi connectivity index (χ4n) is 3.53. The number of rotatable bonds is 6. The molecule has 1 aliphatic heterocycles. The van der Waals surface area contributed by atoms with Crippen molar-refractivity contribution in [2.75, 3.05) is 42.5 Å². The number of hydrogen-bond acceptors (Lipinski definition) is 6. The van der Waals surface area contributed by atoms with Crippen LogP contribution in [0.5, 0.6) is 0 Å². The Labute approximate surface area is 174 Å². The summed E-state index contributed by atoms with van der Waals surface area (Å²) < 4.78 is 6.95. The Morgan fingerprint density at radius 3 is 2.47 bits per heavy atom. The van der Waals surface area contributed by atoms with Crippen LogP contribution in [0, 0.1) is 0 Å². The molecule has 0 atom stereocenters. The number of piperazine rings is 1. The predicted octanol–water partition coefficient (Wildman–Crippen LogP) is 1.96. The molecule has 3 aromatic rings. The molecule has 0 unspecified atom stereocenters. The molecule has 8 nitrogen and oxygen atoms in total. The van der Waals surface area contributed by atoms with Gasteiger partial charge < -0.3 is 19.5 Å². The molecule has 0 aliphatic carbocycles. The number of amides is 1. The van der Waals surface area contributed by atoms with E-state index in [-0.39, 0.29) is 23.8 Å². The van der Waals surface area contributed by atoms with Gasteiger partial charge in [-0.25, -0.2) is 4.68 Å². The highest BCUT2D eigenvalue weighted by Gasteiger charge is 2.19. The van der Waals surface area contributed by atoms with Gasteiger partial charge in [-0.1, -0.05) is 18.2 Å². The topological polar surface area (TPSA) is 83.6 Å².